The van der Waals surface area contributed by atoms with E-state index >= 15 is 0 Å². The van der Waals surface area contributed by atoms with Crippen LogP contribution in [0.15, 0.2) is 24.7 Å². The van der Waals surface area contributed by atoms with Crippen LogP contribution < -0.4 is 5.32 Å². The first-order valence-corrected chi connectivity index (χ1v) is 8.07. The number of nitrogens with zero attached hydrogens (tertiary/aromatic N) is 4. The van der Waals surface area contributed by atoms with Gasteiger partial charge in [0, 0.05) is 31.7 Å². The highest BCUT2D eigenvalue weighted by Gasteiger charge is 2.17. The molecule has 0 saturated carbocycles. The van der Waals surface area contributed by atoms with Crippen LogP contribution in [0.3, 0.4) is 0 Å². The van der Waals surface area contributed by atoms with Crippen LogP contribution in [-0.4, -0.2) is 45.4 Å². The minimum Gasteiger partial charge on any atom is -0.316 e. The molecular weight excluding hydrogens is 262 g/mol. The molecule has 21 heavy (non-hydrogen) atoms. The van der Waals surface area contributed by atoms with Gasteiger partial charge in [-0.2, -0.15) is 0 Å². The minimum absolute atomic E-state index is 0.778. The lowest BCUT2D eigenvalue weighted by molar-refractivity contribution is 0.200. The Balaban J connectivity index is 1.65. The molecular formula is C16H25N5. The smallest absolute Gasteiger partial charge is 0.233 e. The van der Waals surface area contributed by atoms with Crippen molar-refractivity contribution in [3.8, 4) is 0 Å². The average molecular weight is 287 g/mol. The molecule has 1 unspecified atom stereocenters. The fourth-order valence-corrected chi connectivity index (χ4v) is 3.18. The molecule has 0 amide bonds. The first kappa shape index (κ1) is 14.5. The summed E-state index contributed by atoms with van der Waals surface area (Å²) in [6.45, 7) is 7.82. The molecule has 3 rings (SSSR count). The second-order valence-corrected chi connectivity index (χ2v) is 6.01. The molecule has 1 saturated heterocycles. The Labute approximate surface area is 126 Å². The summed E-state index contributed by atoms with van der Waals surface area (Å²) in [5.74, 6) is 1.57. The molecule has 5 nitrogen and oxygen atoms in total. The van der Waals surface area contributed by atoms with Gasteiger partial charge in [-0.1, -0.05) is 6.92 Å². The Morgan fingerprint density at radius 1 is 1.48 bits per heavy atom. The van der Waals surface area contributed by atoms with Crippen LogP contribution >= 0.6 is 0 Å². The third-order valence-electron chi connectivity index (χ3n) is 4.13. The topological polar surface area (TPSA) is 45.5 Å². The van der Waals surface area contributed by atoms with E-state index < -0.39 is 0 Å². The van der Waals surface area contributed by atoms with E-state index in [0.29, 0.717) is 0 Å². The first-order valence-electron chi connectivity index (χ1n) is 8.07. The van der Waals surface area contributed by atoms with Gasteiger partial charge in [-0.05, 0) is 50.9 Å². The number of hydrogen-bond acceptors (Lipinski definition) is 4. The van der Waals surface area contributed by atoms with Crippen LogP contribution in [0.25, 0.3) is 5.78 Å². The van der Waals surface area contributed by atoms with E-state index in [1.54, 1.807) is 6.20 Å². The maximum Gasteiger partial charge on any atom is 0.233 e. The maximum absolute atomic E-state index is 4.62. The van der Waals surface area contributed by atoms with Gasteiger partial charge in [-0.3, -0.25) is 9.30 Å². The molecule has 1 aliphatic rings. The van der Waals surface area contributed by atoms with Crippen molar-refractivity contribution in [2.45, 2.75) is 32.7 Å². The number of piperidine rings is 1. The summed E-state index contributed by atoms with van der Waals surface area (Å²) < 4.78 is 2.00. The SMILES string of the molecule is CCCN(Cc1cn2cccnc2n1)CC1CCCNC1. The molecule has 1 N–H and O–H groups in total. The molecule has 0 bridgehead atoms. The quantitative estimate of drug-likeness (QED) is 0.882. The van der Waals surface area contributed by atoms with Crippen molar-refractivity contribution in [1.29, 1.82) is 0 Å². The van der Waals surface area contributed by atoms with Crippen molar-refractivity contribution < 1.29 is 0 Å². The van der Waals surface area contributed by atoms with Gasteiger partial charge in [0.25, 0.3) is 0 Å². The van der Waals surface area contributed by atoms with Crippen LogP contribution in [0.2, 0.25) is 0 Å². The van der Waals surface area contributed by atoms with E-state index in [1.807, 2.05) is 16.7 Å². The first-order chi connectivity index (χ1) is 10.3. The number of hydrogen-bond donors (Lipinski definition) is 1. The Bertz CT molecular complexity index is 526. The Hall–Kier alpha value is -1.46. The monoisotopic (exact) mass is 287 g/mol. The second kappa shape index (κ2) is 7.00. The molecule has 3 heterocycles. The van der Waals surface area contributed by atoms with Gasteiger partial charge < -0.3 is 5.32 Å². The second-order valence-electron chi connectivity index (χ2n) is 6.01. The molecule has 0 spiro atoms. The predicted molar refractivity (Wildman–Crippen MR) is 84.1 cm³/mol. The van der Waals surface area contributed by atoms with Crippen molar-refractivity contribution >= 4 is 5.78 Å². The number of aromatic nitrogens is 3. The molecule has 2 aromatic heterocycles. The van der Waals surface area contributed by atoms with Gasteiger partial charge in [-0.25, -0.2) is 9.97 Å². The molecule has 1 aliphatic heterocycles. The van der Waals surface area contributed by atoms with Crippen molar-refractivity contribution in [3.05, 3.63) is 30.4 Å². The van der Waals surface area contributed by atoms with Crippen molar-refractivity contribution in [1.82, 2.24) is 24.6 Å². The lowest BCUT2D eigenvalue weighted by Crippen LogP contribution is -2.38. The highest BCUT2D eigenvalue weighted by Crippen LogP contribution is 2.14. The van der Waals surface area contributed by atoms with Gasteiger partial charge >= 0.3 is 0 Å². The summed E-state index contributed by atoms with van der Waals surface area (Å²) in [4.78, 5) is 11.5. The van der Waals surface area contributed by atoms with Crippen LogP contribution in [0.5, 0.6) is 0 Å². The average Bonchev–Trinajstić information content (AvgIpc) is 2.90. The van der Waals surface area contributed by atoms with Crippen LogP contribution in [0.1, 0.15) is 31.9 Å². The van der Waals surface area contributed by atoms with Crippen molar-refractivity contribution in [2.24, 2.45) is 5.92 Å². The minimum atomic E-state index is 0.778. The maximum atomic E-state index is 4.62. The summed E-state index contributed by atoms with van der Waals surface area (Å²) in [5.41, 5.74) is 1.12. The molecule has 114 valence electrons. The van der Waals surface area contributed by atoms with Crippen molar-refractivity contribution in [3.63, 3.8) is 0 Å². The molecule has 2 aromatic rings. The Kier molecular flexibility index (Phi) is 4.83. The normalized spacial score (nSPS) is 19.4. The summed E-state index contributed by atoms with van der Waals surface area (Å²) >= 11 is 0. The zero-order chi connectivity index (χ0) is 14.5. The third-order valence-corrected chi connectivity index (χ3v) is 4.13. The fraction of sp³-hybridized carbons (Fsp3) is 0.625. The van der Waals surface area contributed by atoms with E-state index in [2.05, 4.69) is 33.3 Å². The molecule has 0 radical (unpaired) electrons. The van der Waals surface area contributed by atoms with Gasteiger partial charge in [0.05, 0.1) is 5.69 Å². The van der Waals surface area contributed by atoms with E-state index in [1.165, 1.54) is 32.4 Å². The molecule has 5 heteroatoms. The zero-order valence-electron chi connectivity index (χ0n) is 12.8. The molecule has 0 aromatic carbocycles. The lowest BCUT2D eigenvalue weighted by atomic mass is 9.99. The van der Waals surface area contributed by atoms with E-state index in [0.717, 1.165) is 37.0 Å². The third kappa shape index (κ3) is 3.80. The van der Waals surface area contributed by atoms with Crippen LogP contribution in [-0.2, 0) is 6.54 Å². The summed E-state index contributed by atoms with van der Waals surface area (Å²) in [6.07, 6.45) is 9.75. The fourth-order valence-electron chi connectivity index (χ4n) is 3.18. The molecule has 0 aliphatic carbocycles. The number of rotatable bonds is 6. The highest BCUT2D eigenvalue weighted by atomic mass is 15.2. The predicted octanol–water partition coefficient (Wildman–Crippen LogP) is 1.94. The summed E-state index contributed by atoms with van der Waals surface area (Å²) in [5, 5.41) is 3.51. The van der Waals surface area contributed by atoms with E-state index in [4.69, 9.17) is 0 Å². The number of nitrogens with one attached hydrogen (secondary N) is 1. The van der Waals surface area contributed by atoms with E-state index in [9.17, 15) is 0 Å². The van der Waals surface area contributed by atoms with Crippen LogP contribution in [0, 0.1) is 5.92 Å². The number of imidazole rings is 1. The largest absolute Gasteiger partial charge is 0.316 e. The van der Waals surface area contributed by atoms with Gasteiger partial charge in [0.15, 0.2) is 0 Å². The molecule has 1 fully saturated rings. The lowest BCUT2D eigenvalue weighted by Gasteiger charge is -2.29. The highest BCUT2D eigenvalue weighted by molar-refractivity contribution is 5.29. The molecule has 1 atom stereocenters. The van der Waals surface area contributed by atoms with Crippen LogP contribution in [0.4, 0.5) is 0 Å². The Morgan fingerprint density at radius 2 is 2.43 bits per heavy atom. The number of fused-ring (bicyclic) bond motifs is 1. The summed E-state index contributed by atoms with van der Waals surface area (Å²) in [7, 11) is 0. The zero-order valence-corrected chi connectivity index (χ0v) is 12.8. The van der Waals surface area contributed by atoms with Gasteiger partial charge in [-0.15, -0.1) is 0 Å². The standard InChI is InChI=1S/C16H25N5/c1-2-8-20(11-14-5-3-6-17-10-14)12-15-13-21-9-4-7-18-16(21)19-15/h4,7,9,13-14,17H,2-3,5-6,8,10-12H2,1H3. The van der Waals surface area contributed by atoms with Gasteiger partial charge in [0.2, 0.25) is 5.78 Å². The Morgan fingerprint density at radius 3 is 3.19 bits per heavy atom. The van der Waals surface area contributed by atoms with E-state index in [-0.39, 0.29) is 0 Å². The van der Waals surface area contributed by atoms with Crippen molar-refractivity contribution in [2.75, 3.05) is 26.2 Å². The summed E-state index contributed by atoms with van der Waals surface area (Å²) in [6, 6.07) is 1.94. The van der Waals surface area contributed by atoms with Gasteiger partial charge in [0.1, 0.15) is 0 Å².